The average molecular weight is 422 g/mol. The van der Waals surface area contributed by atoms with E-state index >= 15 is 0 Å². The molecular weight excluding hydrogens is 394 g/mol. The normalized spacial score (nSPS) is 14.9. The summed E-state index contributed by atoms with van der Waals surface area (Å²) in [4.78, 5) is 12.6. The Morgan fingerprint density at radius 2 is 1.94 bits per heavy atom. The number of nitrogens with zero attached hydrogens (tertiary/aromatic N) is 3. The number of nitrogens with one attached hydrogen (secondary N) is 2. The number of para-hydroxylation sites is 1. The Morgan fingerprint density at radius 1 is 1.13 bits per heavy atom. The fourth-order valence-corrected chi connectivity index (χ4v) is 3.55. The number of aromatic nitrogens is 4. The number of tetrazole rings is 1. The summed E-state index contributed by atoms with van der Waals surface area (Å²) >= 11 is 0. The van der Waals surface area contributed by atoms with Crippen molar-refractivity contribution >= 4 is 11.6 Å². The van der Waals surface area contributed by atoms with Gasteiger partial charge in [0.25, 0.3) is 0 Å². The van der Waals surface area contributed by atoms with E-state index in [2.05, 4.69) is 57.1 Å². The summed E-state index contributed by atoms with van der Waals surface area (Å²) in [5.41, 5.74) is 3.08. The van der Waals surface area contributed by atoms with Crippen molar-refractivity contribution in [3.63, 3.8) is 0 Å². The summed E-state index contributed by atoms with van der Waals surface area (Å²) in [5, 5.41) is 16.7. The molecule has 1 unspecified atom stereocenters. The van der Waals surface area contributed by atoms with Gasteiger partial charge in [0.15, 0.2) is 23.4 Å². The smallest absolute Gasteiger partial charge is 0.224 e. The number of unbranched alkanes of at least 4 members (excludes halogenated alkanes) is 2. The van der Waals surface area contributed by atoms with Crippen molar-refractivity contribution in [3.05, 3.63) is 59.4 Å². The van der Waals surface area contributed by atoms with Crippen molar-refractivity contribution in [1.29, 1.82) is 0 Å². The van der Waals surface area contributed by atoms with Gasteiger partial charge in [-0.15, -0.1) is 5.10 Å². The zero-order chi connectivity index (χ0) is 21.5. The molecule has 1 amide bonds. The molecule has 0 bridgehead atoms. The minimum absolute atomic E-state index is 0.0764. The Morgan fingerprint density at radius 3 is 2.68 bits per heavy atom. The van der Waals surface area contributed by atoms with Crippen LogP contribution in [0.1, 0.15) is 55.7 Å². The SMILES string of the molecule is CCCCCc1ccc(CCC(=O)Nc2cccc3c2OC(c2nnn[nH]2)CO3)cc1. The summed E-state index contributed by atoms with van der Waals surface area (Å²) in [6.45, 7) is 2.50. The molecule has 1 aliphatic heterocycles. The van der Waals surface area contributed by atoms with E-state index < -0.39 is 6.10 Å². The Labute approximate surface area is 181 Å². The number of carbonyl (C=O) groups is 1. The van der Waals surface area contributed by atoms with Crippen molar-refractivity contribution in [3.8, 4) is 11.5 Å². The number of fused-ring (bicyclic) bond motifs is 1. The minimum atomic E-state index is -0.462. The quantitative estimate of drug-likeness (QED) is 0.506. The molecule has 0 saturated heterocycles. The Balaban J connectivity index is 1.33. The largest absolute Gasteiger partial charge is 0.485 e. The van der Waals surface area contributed by atoms with Gasteiger partial charge in [0.05, 0.1) is 5.69 Å². The molecule has 3 aromatic rings. The summed E-state index contributed by atoms with van der Waals surface area (Å²) in [6.07, 6.45) is 5.43. The van der Waals surface area contributed by atoms with Gasteiger partial charge >= 0.3 is 0 Å². The van der Waals surface area contributed by atoms with Crippen LogP contribution in [0.25, 0.3) is 0 Å². The second-order valence-electron chi connectivity index (χ2n) is 7.66. The molecule has 2 heterocycles. The van der Waals surface area contributed by atoms with Crippen molar-refractivity contribution < 1.29 is 14.3 Å². The predicted molar refractivity (Wildman–Crippen MR) is 116 cm³/mol. The maximum absolute atomic E-state index is 12.6. The highest BCUT2D eigenvalue weighted by Gasteiger charge is 2.27. The van der Waals surface area contributed by atoms with Crippen LogP contribution in [0.2, 0.25) is 0 Å². The monoisotopic (exact) mass is 421 g/mol. The Hall–Kier alpha value is -3.42. The summed E-state index contributed by atoms with van der Waals surface area (Å²) in [5.74, 6) is 1.47. The number of anilines is 1. The molecule has 162 valence electrons. The summed E-state index contributed by atoms with van der Waals surface area (Å²) < 4.78 is 11.8. The van der Waals surface area contributed by atoms with Gasteiger partial charge in [0.2, 0.25) is 5.91 Å². The lowest BCUT2D eigenvalue weighted by Crippen LogP contribution is -2.24. The second-order valence-corrected chi connectivity index (χ2v) is 7.66. The lowest BCUT2D eigenvalue weighted by molar-refractivity contribution is -0.116. The molecule has 4 rings (SSSR count). The van der Waals surface area contributed by atoms with Gasteiger partial charge in [-0.3, -0.25) is 4.79 Å². The first kappa shape index (κ1) is 20.8. The van der Waals surface area contributed by atoms with Crippen LogP contribution in [0.5, 0.6) is 11.5 Å². The van der Waals surface area contributed by atoms with Crippen LogP contribution in [-0.2, 0) is 17.6 Å². The van der Waals surface area contributed by atoms with Crippen LogP contribution in [-0.4, -0.2) is 33.1 Å². The van der Waals surface area contributed by atoms with E-state index in [1.165, 1.54) is 24.8 Å². The van der Waals surface area contributed by atoms with E-state index in [-0.39, 0.29) is 12.5 Å². The van der Waals surface area contributed by atoms with Gasteiger partial charge in [-0.1, -0.05) is 50.1 Å². The fraction of sp³-hybridized carbons (Fsp3) is 0.391. The topological polar surface area (TPSA) is 102 Å². The number of hydrogen-bond donors (Lipinski definition) is 2. The first-order valence-corrected chi connectivity index (χ1v) is 10.8. The summed E-state index contributed by atoms with van der Waals surface area (Å²) in [7, 11) is 0. The predicted octanol–water partition coefficient (Wildman–Crippen LogP) is 4.02. The standard InChI is InChI=1S/C23H27N5O3/c1-2-3-4-6-16-9-11-17(12-10-16)13-14-21(29)24-18-7-5-8-19-22(18)31-20(15-30-19)23-25-27-28-26-23/h5,7-12,20H,2-4,6,13-15H2,1H3,(H,24,29)(H,25,26,27,28). The number of aryl methyl sites for hydroxylation is 2. The van der Waals surface area contributed by atoms with E-state index in [0.717, 1.165) is 12.0 Å². The van der Waals surface area contributed by atoms with Crippen LogP contribution in [0, 0.1) is 0 Å². The van der Waals surface area contributed by atoms with Gasteiger partial charge in [-0.25, -0.2) is 5.10 Å². The zero-order valence-electron chi connectivity index (χ0n) is 17.6. The van der Waals surface area contributed by atoms with Crippen LogP contribution >= 0.6 is 0 Å². The second kappa shape index (κ2) is 10.1. The number of aromatic amines is 1. The highest BCUT2D eigenvalue weighted by atomic mass is 16.6. The third-order valence-corrected chi connectivity index (χ3v) is 5.30. The number of rotatable bonds is 9. The molecule has 0 spiro atoms. The Kier molecular flexibility index (Phi) is 6.76. The lowest BCUT2D eigenvalue weighted by Gasteiger charge is -2.26. The highest BCUT2D eigenvalue weighted by molar-refractivity contribution is 5.93. The number of ether oxygens (including phenoxy) is 2. The number of benzene rings is 2. The van der Waals surface area contributed by atoms with E-state index in [1.807, 2.05) is 12.1 Å². The molecule has 31 heavy (non-hydrogen) atoms. The molecule has 8 nitrogen and oxygen atoms in total. The van der Waals surface area contributed by atoms with Crippen molar-refractivity contribution in [2.45, 2.75) is 51.6 Å². The van der Waals surface area contributed by atoms with Crippen molar-refractivity contribution in [2.24, 2.45) is 0 Å². The fourth-order valence-electron chi connectivity index (χ4n) is 3.55. The van der Waals surface area contributed by atoms with E-state index in [4.69, 9.17) is 9.47 Å². The molecular formula is C23H27N5O3. The van der Waals surface area contributed by atoms with Gasteiger partial charge in [0.1, 0.15) is 6.61 Å². The van der Waals surface area contributed by atoms with E-state index in [1.54, 1.807) is 6.07 Å². The van der Waals surface area contributed by atoms with Crippen LogP contribution < -0.4 is 14.8 Å². The first-order chi connectivity index (χ1) is 15.2. The van der Waals surface area contributed by atoms with Crippen LogP contribution in [0.3, 0.4) is 0 Å². The van der Waals surface area contributed by atoms with Crippen LogP contribution in [0.4, 0.5) is 5.69 Å². The molecule has 0 saturated carbocycles. The number of hydrogen-bond acceptors (Lipinski definition) is 6. The highest BCUT2D eigenvalue weighted by Crippen LogP contribution is 2.41. The molecule has 0 aliphatic carbocycles. The van der Waals surface area contributed by atoms with Crippen molar-refractivity contribution in [2.75, 3.05) is 11.9 Å². The molecule has 1 atom stereocenters. The van der Waals surface area contributed by atoms with Gasteiger partial charge < -0.3 is 14.8 Å². The third-order valence-electron chi connectivity index (χ3n) is 5.30. The number of carbonyl (C=O) groups excluding carboxylic acids is 1. The lowest BCUT2D eigenvalue weighted by atomic mass is 10.0. The molecule has 0 radical (unpaired) electrons. The zero-order valence-corrected chi connectivity index (χ0v) is 17.6. The minimum Gasteiger partial charge on any atom is -0.485 e. The van der Waals surface area contributed by atoms with Gasteiger partial charge in [0, 0.05) is 6.42 Å². The molecule has 1 aliphatic rings. The van der Waals surface area contributed by atoms with Gasteiger partial charge in [-0.2, -0.15) is 0 Å². The molecule has 8 heteroatoms. The third kappa shape index (κ3) is 5.39. The molecule has 2 N–H and O–H groups in total. The Bertz CT molecular complexity index is 989. The molecule has 2 aromatic carbocycles. The first-order valence-electron chi connectivity index (χ1n) is 10.8. The summed E-state index contributed by atoms with van der Waals surface area (Å²) in [6, 6.07) is 14.0. The van der Waals surface area contributed by atoms with Gasteiger partial charge in [-0.05, 0) is 52.9 Å². The molecule has 0 fully saturated rings. The van der Waals surface area contributed by atoms with E-state index in [0.29, 0.717) is 35.9 Å². The molecule has 1 aromatic heterocycles. The van der Waals surface area contributed by atoms with Crippen LogP contribution in [0.15, 0.2) is 42.5 Å². The van der Waals surface area contributed by atoms with E-state index in [9.17, 15) is 4.79 Å². The average Bonchev–Trinajstić information content (AvgIpc) is 3.34. The number of amides is 1. The number of H-pyrrole nitrogens is 1. The maximum atomic E-state index is 12.6. The maximum Gasteiger partial charge on any atom is 0.224 e. The van der Waals surface area contributed by atoms with Crippen molar-refractivity contribution in [1.82, 2.24) is 20.6 Å².